The summed E-state index contributed by atoms with van der Waals surface area (Å²) < 4.78 is 1.76. The van der Waals surface area contributed by atoms with Gasteiger partial charge in [-0.25, -0.2) is 9.48 Å². The number of urea groups is 1. The molecule has 31 heavy (non-hydrogen) atoms. The number of aryl methyl sites for hydroxylation is 3. The zero-order chi connectivity index (χ0) is 21.6. The van der Waals surface area contributed by atoms with E-state index >= 15 is 0 Å². The molecule has 2 heterocycles. The molecule has 0 bridgehead atoms. The van der Waals surface area contributed by atoms with Crippen LogP contribution in [0.15, 0.2) is 72.8 Å². The second-order valence-electron chi connectivity index (χ2n) is 7.09. The monoisotopic (exact) mass is 413 g/mol. The Labute approximate surface area is 180 Å². The highest BCUT2D eigenvalue weighted by Crippen LogP contribution is 2.19. The maximum absolute atomic E-state index is 12.5. The van der Waals surface area contributed by atoms with E-state index in [-0.39, 0.29) is 6.03 Å². The van der Waals surface area contributed by atoms with Gasteiger partial charge in [0.05, 0.1) is 11.4 Å². The number of para-hydroxylation sites is 1. The van der Waals surface area contributed by atoms with E-state index in [1.807, 2.05) is 73.7 Å². The third-order valence-electron chi connectivity index (χ3n) is 4.77. The van der Waals surface area contributed by atoms with Crippen LogP contribution in [-0.4, -0.2) is 26.0 Å². The van der Waals surface area contributed by atoms with Crippen LogP contribution in [-0.2, 0) is 13.0 Å². The minimum atomic E-state index is -0.386. The van der Waals surface area contributed by atoms with Gasteiger partial charge in [0.25, 0.3) is 0 Å². The quantitative estimate of drug-likeness (QED) is 0.440. The van der Waals surface area contributed by atoms with Crippen molar-refractivity contribution in [1.29, 1.82) is 0 Å². The molecule has 0 fully saturated rings. The van der Waals surface area contributed by atoms with Crippen LogP contribution in [0.1, 0.15) is 11.3 Å². The molecule has 2 aromatic carbocycles. The summed E-state index contributed by atoms with van der Waals surface area (Å²) in [7, 11) is 0. The minimum Gasteiger partial charge on any atom is -0.384 e. The molecule has 2 amide bonds. The fourth-order valence-electron chi connectivity index (χ4n) is 3.26. The van der Waals surface area contributed by atoms with Crippen LogP contribution in [0.25, 0.3) is 11.3 Å². The molecule has 0 unspecified atom stereocenters. The number of anilines is 3. The van der Waals surface area contributed by atoms with E-state index in [9.17, 15) is 4.79 Å². The molecule has 0 radical (unpaired) electrons. The van der Waals surface area contributed by atoms with Crippen LogP contribution in [0.3, 0.4) is 0 Å². The average molecular weight is 413 g/mol. The fraction of sp³-hybridized carbons (Fsp3) is 0.130. The number of aromatic nitrogens is 4. The number of carbonyl (C=O) groups is 1. The molecule has 8 heteroatoms. The Morgan fingerprint density at radius 3 is 2.45 bits per heavy atom. The fourth-order valence-corrected chi connectivity index (χ4v) is 3.26. The first-order chi connectivity index (χ1) is 15.1. The van der Waals surface area contributed by atoms with Crippen LogP contribution in [0, 0.1) is 6.92 Å². The summed E-state index contributed by atoms with van der Waals surface area (Å²) in [6.07, 6.45) is 0.674. The van der Waals surface area contributed by atoms with E-state index in [0.717, 1.165) is 28.2 Å². The van der Waals surface area contributed by atoms with E-state index in [0.29, 0.717) is 24.6 Å². The van der Waals surface area contributed by atoms with Crippen molar-refractivity contribution in [2.75, 3.05) is 16.4 Å². The van der Waals surface area contributed by atoms with Crippen LogP contribution >= 0.6 is 0 Å². The summed E-state index contributed by atoms with van der Waals surface area (Å²) in [6.45, 7) is 2.52. The van der Waals surface area contributed by atoms with Gasteiger partial charge in [0, 0.05) is 23.9 Å². The molecule has 0 aliphatic rings. The smallest absolute Gasteiger partial charge is 0.324 e. The Kier molecular flexibility index (Phi) is 5.89. The Hall–Kier alpha value is -4.20. The van der Waals surface area contributed by atoms with E-state index in [1.54, 1.807) is 10.7 Å². The van der Waals surface area contributed by atoms with Gasteiger partial charge >= 0.3 is 6.03 Å². The first kappa shape index (κ1) is 20.1. The molecule has 0 atom stereocenters. The summed E-state index contributed by atoms with van der Waals surface area (Å²) >= 11 is 0. The van der Waals surface area contributed by atoms with Gasteiger partial charge < -0.3 is 11.1 Å². The number of amides is 2. The average Bonchev–Trinajstić information content (AvgIpc) is 3.11. The van der Waals surface area contributed by atoms with Crippen molar-refractivity contribution in [3.05, 3.63) is 84.1 Å². The first-order valence-electron chi connectivity index (χ1n) is 9.93. The largest absolute Gasteiger partial charge is 0.384 e. The van der Waals surface area contributed by atoms with Crippen LogP contribution in [0.4, 0.5) is 22.1 Å². The summed E-state index contributed by atoms with van der Waals surface area (Å²) in [5, 5.41) is 18.3. The number of benzene rings is 2. The molecule has 0 aliphatic carbocycles. The molecule has 2 aromatic heterocycles. The minimum absolute atomic E-state index is 0.370. The Morgan fingerprint density at radius 2 is 1.74 bits per heavy atom. The number of carbonyl (C=O) groups excluding carboxylic acids is 1. The number of rotatable bonds is 6. The number of hydrogen-bond acceptors (Lipinski definition) is 5. The molecule has 0 saturated heterocycles. The highest BCUT2D eigenvalue weighted by molar-refractivity contribution is 5.99. The number of nitrogens with two attached hydrogens (primary N) is 1. The summed E-state index contributed by atoms with van der Waals surface area (Å²) in [5.74, 6) is 0.993. The highest BCUT2D eigenvalue weighted by Gasteiger charge is 2.10. The SMILES string of the molecule is Cc1cc(N)n(CCc2ccccc2NC(=O)Nc2ccc(-c3ccccc3)nn2)n1. The van der Waals surface area contributed by atoms with Crippen molar-refractivity contribution in [2.45, 2.75) is 19.9 Å². The lowest BCUT2D eigenvalue weighted by molar-refractivity contribution is 0.262. The normalized spacial score (nSPS) is 10.6. The maximum Gasteiger partial charge on any atom is 0.324 e. The van der Waals surface area contributed by atoms with Gasteiger partial charge in [0.15, 0.2) is 5.82 Å². The van der Waals surface area contributed by atoms with Crippen LogP contribution in [0.2, 0.25) is 0 Å². The van der Waals surface area contributed by atoms with E-state index in [1.165, 1.54) is 0 Å². The Morgan fingerprint density at radius 1 is 0.968 bits per heavy atom. The van der Waals surface area contributed by atoms with Gasteiger partial charge in [-0.3, -0.25) is 5.32 Å². The second kappa shape index (κ2) is 9.08. The van der Waals surface area contributed by atoms with E-state index in [4.69, 9.17) is 5.73 Å². The molecular formula is C23H23N7O. The van der Waals surface area contributed by atoms with Gasteiger partial charge in [0.2, 0.25) is 0 Å². The summed E-state index contributed by atoms with van der Waals surface area (Å²) in [4.78, 5) is 12.5. The number of nitrogens with zero attached hydrogens (tertiary/aromatic N) is 4. The van der Waals surface area contributed by atoms with Crippen molar-refractivity contribution in [2.24, 2.45) is 0 Å². The lowest BCUT2D eigenvalue weighted by atomic mass is 10.1. The number of nitrogens with one attached hydrogen (secondary N) is 2. The highest BCUT2D eigenvalue weighted by atomic mass is 16.2. The van der Waals surface area contributed by atoms with Gasteiger partial charge in [-0.05, 0) is 37.1 Å². The number of hydrogen-bond donors (Lipinski definition) is 3. The lowest BCUT2D eigenvalue weighted by Crippen LogP contribution is -2.21. The third kappa shape index (κ3) is 5.05. The predicted molar refractivity (Wildman–Crippen MR) is 122 cm³/mol. The molecule has 156 valence electrons. The molecule has 0 aliphatic heterocycles. The Bertz CT molecular complexity index is 1170. The standard InChI is InChI=1S/C23H23N7O/c1-16-15-21(24)30(29-16)14-13-18-9-5-6-10-19(18)25-23(31)26-22-12-11-20(27-28-22)17-7-3-2-4-8-17/h2-12,15H,13-14,24H2,1H3,(H2,25,26,28,31). The van der Waals surface area contributed by atoms with E-state index < -0.39 is 0 Å². The Balaban J connectivity index is 1.39. The van der Waals surface area contributed by atoms with Gasteiger partial charge in [-0.2, -0.15) is 5.10 Å². The van der Waals surface area contributed by atoms with Crippen molar-refractivity contribution in [1.82, 2.24) is 20.0 Å². The molecule has 4 rings (SSSR count). The van der Waals surface area contributed by atoms with Crippen molar-refractivity contribution in [3.63, 3.8) is 0 Å². The van der Waals surface area contributed by atoms with Crippen LogP contribution in [0.5, 0.6) is 0 Å². The maximum atomic E-state index is 12.5. The van der Waals surface area contributed by atoms with Crippen molar-refractivity contribution < 1.29 is 4.79 Å². The summed E-state index contributed by atoms with van der Waals surface area (Å²) in [5.41, 5.74) is 10.3. The zero-order valence-corrected chi connectivity index (χ0v) is 17.1. The molecule has 0 spiro atoms. The molecular weight excluding hydrogens is 390 g/mol. The molecule has 4 aromatic rings. The topological polar surface area (TPSA) is 111 Å². The van der Waals surface area contributed by atoms with E-state index in [2.05, 4.69) is 25.9 Å². The van der Waals surface area contributed by atoms with Crippen molar-refractivity contribution >= 4 is 23.4 Å². The molecule has 4 N–H and O–H groups in total. The van der Waals surface area contributed by atoms with Crippen molar-refractivity contribution in [3.8, 4) is 11.3 Å². The molecule has 0 saturated carbocycles. The number of nitrogen functional groups attached to an aromatic ring is 1. The van der Waals surface area contributed by atoms with Crippen LogP contribution < -0.4 is 16.4 Å². The predicted octanol–water partition coefficient (Wildman–Crippen LogP) is 4.12. The van der Waals surface area contributed by atoms with Gasteiger partial charge in [0.1, 0.15) is 5.82 Å². The summed E-state index contributed by atoms with van der Waals surface area (Å²) in [6, 6.07) is 22.4. The van der Waals surface area contributed by atoms with Gasteiger partial charge in [-0.1, -0.05) is 48.5 Å². The molecule has 8 nitrogen and oxygen atoms in total. The zero-order valence-electron chi connectivity index (χ0n) is 17.1. The van der Waals surface area contributed by atoms with Gasteiger partial charge in [-0.15, -0.1) is 10.2 Å². The first-order valence-corrected chi connectivity index (χ1v) is 9.93. The second-order valence-corrected chi connectivity index (χ2v) is 7.09. The lowest BCUT2D eigenvalue weighted by Gasteiger charge is -2.12. The third-order valence-corrected chi connectivity index (χ3v) is 4.77.